The maximum absolute atomic E-state index is 14.1. The lowest BCUT2D eigenvalue weighted by atomic mass is 9.94. The second kappa shape index (κ2) is 8.61. The molecule has 1 fully saturated rings. The van der Waals surface area contributed by atoms with Crippen LogP contribution in [-0.2, 0) is 10.0 Å². The van der Waals surface area contributed by atoms with Crippen LogP contribution in [0.2, 0.25) is 0 Å². The first kappa shape index (κ1) is 22.9. The maximum Gasteiger partial charge on any atom is 0.291 e. The molecule has 2 atom stereocenters. The minimum Gasteiger partial charge on any atom is -0.451 e. The lowest BCUT2D eigenvalue weighted by Gasteiger charge is -2.34. The molecule has 4 rings (SSSR count). The third-order valence-electron chi connectivity index (χ3n) is 5.77. The van der Waals surface area contributed by atoms with Crippen molar-refractivity contribution in [3.8, 4) is 0 Å². The van der Waals surface area contributed by atoms with Gasteiger partial charge in [-0.15, -0.1) is 0 Å². The van der Waals surface area contributed by atoms with Crippen LogP contribution in [0.5, 0.6) is 0 Å². The lowest BCUT2D eigenvalue weighted by molar-refractivity contribution is 0.0997. The van der Waals surface area contributed by atoms with Gasteiger partial charge >= 0.3 is 0 Å². The van der Waals surface area contributed by atoms with E-state index in [9.17, 15) is 17.6 Å². The second-order valence-corrected chi connectivity index (χ2v) is 11.4. The van der Waals surface area contributed by atoms with Crippen LogP contribution in [0.15, 0.2) is 50.2 Å². The number of sulfonamides is 1. The average molecular weight is 523 g/mol. The van der Waals surface area contributed by atoms with Gasteiger partial charge < -0.3 is 9.73 Å². The van der Waals surface area contributed by atoms with Gasteiger partial charge in [0.25, 0.3) is 5.91 Å². The monoisotopic (exact) mass is 522 g/mol. The molecule has 1 aliphatic heterocycles. The molecule has 1 aliphatic rings. The summed E-state index contributed by atoms with van der Waals surface area (Å²) >= 11 is 3.18. The summed E-state index contributed by atoms with van der Waals surface area (Å²) in [6.45, 7) is 6.77. The summed E-state index contributed by atoms with van der Waals surface area (Å²) in [5, 5.41) is 3.04. The van der Waals surface area contributed by atoms with Crippen molar-refractivity contribution in [1.82, 2.24) is 4.31 Å². The second-order valence-electron chi connectivity index (χ2n) is 8.56. The molecule has 9 heteroatoms. The topological polar surface area (TPSA) is 79.6 Å². The van der Waals surface area contributed by atoms with E-state index in [0.717, 1.165) is 6.42 Å². The predicted octanol–water partition coefficient (Wildman–Crippen LogP) is 5.56. The molecule has 1 saturated heterocycles. The molecule has 1 amide bonds. The molecular weight excluding hydrogens is 499 g/mol. The predicted molar refractivity (Wildman–Crippen MR) is 125 cm³/mol. The zero-order chi connectivity index (χ0) is 23.2. The van der Waals surface area contributed by atoms with Gasteiger partial charge in [-0.25, -0.2) is 12.8 Å². The highest BCUT2D eigenvalue weighted by Gasteiger charge is 2.32. The number of piperidine rings is 1. The third kappa shape index (κ3) is 4.33. The summed E-state index contributed by atoms with van der Waals surface area (Å²) in [7, 11) is -3.67. The maximum atomic E-state index is 14.1. The highest BCUT2D eigenvalue weighted by molar-refractivity contribution is 9.10. The Morgan fingerprint density at radius 1 is 1.16 bits per heavy atom. The minimum absolute atomic E-state index is 0.0112. The molecule has 1 aromatic heterocycles. The summed E-state index contributed by atoms with van der Waals surface area (Å²) in [4.78, 5) is 12.9. The zero-order valence-corrected chi connectivity index (χ0v) is 20.4. The minimum atomic E-state index is -3.67. The Labute approximate surface area is 195 Å². The van der Waals surface area contributed by atoms with Crippen molar-refractivity contribution < 1.29 is 22.0 Å². The number of hydrogen-bond donors (Lipinski definition) is 1. The molecular formula is C23H24BrFN2O4S. The molecule has 0 aliphatic carbocycles. The SMILES string of the molecule is Cc1c(C(=O)Nc2ccc(Br)cc2F)oc2ccc(S(=O)(=O)N3C[C@@H](C)C[C@H](C)C3)cc12. The first-order valence-corrected chi connectivity index (χ1v) is 12.6. The van der Waals surface area contributed by atoms with Gasteiger partial charge in [0, 0.05) is 28.5 Å². The molecule has 6 nitrogen and oxygen atoms in total. The van der Waals surface area contributed by atoms with Crippen LogP contribution < -0.4 is 5.32 Å². The Kier molecular flexibility index (Phi) is 6.17. The van der Waals surface area contributed by atoms with Crippen molar-refractivity contribution in [2.45, 2.75) is 32.1 Å². The summed E-state index contributed by atoms with van der Waals surface area (Å²) in [5.74, 6) is -0.593. The van der Waals surface area contributed by atoms with Gasteiger partial charge in [0.1, 0.15) is 11.4 Å². The molecule has 1 N–H and O–H groups in total. The molecule has 170 valence electrons. The van der Waals surface area contributed by atoms with E-state index in [2.05, 4.69) is 35.1 Å². The van der Waals surface area contributed by atoms with Crippen molar-refractivity contribution >= 4 is 48.5 Å². The summed E-state index contributed by atoms with van der Waals surface area (Å²) < 4.78 is 48.4. The fraction of sp³-hybridized carbons (Fsp3) is 0.348. The van der Waals surface area contributed by atoms with E-state index in [0.29, 0.717) is 45.9 Å². The van der Waals surface area contributed by atoms with Gasteiger partial charge in [-0.2, -0.15) is 4.31 Å². The molecule has 3 aromatic rings. The molecule has 0 bridgehead atoms. The fourth-order valence-electron chi connectivity index (χ4n) is 4.30. The van der Waals surface area contributed by atoms with Gasteiger partial charge in [0.15, 0.2) is 5.76 Å². The Morgan fingerprint density at radius 2 is 1.84 bits per heavy atom. The van der Waals surface area contributed by atoms with E-state index in [1.54, 1.807) is 25.1 Å². The van der Waals surface area contributed by atoms with Crippen molar-refractivity contribution in [3.05, 3.63) is 58.0 Å². The Hall–Kier alpha value is -2.23. The van der Waals surface area contributed by atoms with Crippen molar-refractivity contribution in [2.75, 3.05) is 18.4 Å². The zero-order valence-electron chi connectivity index (χ0n) is 18.0. The normalized spacial score (nSPS) is 19.9. The molecule has 32 heavy (non-hydrogen) atoms. The van der Waals surface area contributed by atoms with E-state index in [-0.39, 0.29) is 16.3 Å². The summed E-state index contributed by atoms with van der Waals surface area (Å²) in [6.07, 6.45) is 1.00. The van der Waals surface area contributed by atoms with Crippen molar-refractivity contribution in [2.24, 2.45) is 11.8 Å². The first-order valence-electron chi connectivity index (χ1n) is 10.4. The molecule has 0 saturated carbocycles. The van der Waals surface area contributed by atoms with E-state index in [1.807, 2.05) is 0 Å². The Morgan fingerprint density at radius 3 is 2.50 bits per heavy atom. The van der Waals surface area contributed by atoms with E-state index >= 15 is 0 Å². The lowest BCUT2D eigenvalue weighted by Crippen LogP contribution is -2.42. The number of aryl methyl sites for hydroxylation is 1. The number of halogens is 2. The van der Waals surface area contributed by atoms with Crippen molar-refractivity contribution in [3.63, 3.8) is 0 Å². The van der Waals surface area contributed by atoms with E-state index < -0.39 is 21.7 Å². The van der Waals surface area contributed by atoms with Gasteiger partial charge in [-0.05, 0) is 61.6 Å². The van der Waals surface area contributed by atoms with Crippen LogP contribution in [0.3, 0.4) is 0 Å². The largest absolute Gasteiger partial charge is 0.451 e. The Balaban J connectivity index is 1.66. The number of anilines is 1. The summed E-state index contributed by atoms with van der Waals surface area (Å²) in [6, 6.07) is 8.92. The number of fused-ring (bicyclic) bond motifs is 1. The molecule has 0 unspecified atom stereocenters. The van der Waals surface area contributed by atoms with Crippen LogP contribution in [0.1, 0.15) is 36.4 Å². The summed E-state index contributed by atoms with van der Waals surface area (Å²) in [5.41, 5.74) is 0.908. The third-order valence-corrected chi connectivity index (χ3v) is 8.09. The van der Waals surface area contributed by atoms with Gasteiger partial charge in [0.05, 0.1) is 10.6 Å². The average Bonchev–Trinajstić information content (AvgIpc) is 3.05. The number of furan rings is 1. The highest BCUT2D eigenvalue weighted by Crippen LogP contribution is 2.32. The van der Waals surface area contributed by atoms with Crippen molar-refractivity contribution in [1.29, 1.82) is 0 Å². The first-order chi connectivity index (χ1) is 15.1. The van der Waals surface area contributed by atoms with Crippen LogP contribution in [0.4, 0.5) is 10.1 Å². The fourth-order valence-corrected chi connectivity index (χ4v) is 6.34. The number of carbonyl (C=O) groups excluding carboxylic acids is 1. The molecule has 0 spiro atoms. The van der Waals surface area contributed by atoms with Crippen LogP contribution in [0, 0.1) is 24.6 Å². The molecule has 2 heterocycles. The number of benzene rings is 2. The van der Waals surface area contributed by atoms with Crippen LogP contribution in [-0.4, -0.2) is 31.7 Å². The van der Waals surface area contributed by atoms with Gasteiger partial charge in [-0.3, -0.25) is 4.79 Å². The van der Waals surface area contributed by atoms with Gasteiger partial charge in [-0.1, -0.05) is 29.8 Å². The standard InChI is InChI=1S/C23H24BrFN2O4S/c1-13-8-14(2)12-27(11-13)32(29,30)17-5-7-21-18(10-17)15(3)22(31-21)23(28)26-20-6-4-16(24)9-19(20)25/h4-7,9-10,13-14H,8,11-12H2,1-3H3,(H,26,28)/t13-,14-/m0/s1. The van der Waals surface area contributed by atoms with E-state index in [1.165, 1.54) is 22.5 Å². The number of carbonyl (C=O) groups is 1. The number of amides is 1. The Bertz CT molecular complexity index is 1290. The van der Waals surface area contributed by atoms with Crippen LogP contribution in [0.25, 0.3) is 11.0 Å². The number of nitrogens with one attached hydrogen (secondary N) is 1. The molecule has 2 aromatic carbocycles. The number of rotatable bonds is 4. The quantitative estimate of drug-likeness (QED) is 0.486. The number of hydrogen-bond acceptors (Lipinski definition) is 4. The van der Waals surface area contributed by atoms with Crippen LogP contribution >= 0.6 is 15.9 Å². The smallest absolute Gasteiger partial charge is 0.291 e. The molecule has 0 radical (unpaired) electrons. The number of nitrogens with zero attached hydrogens (tertiary/aromatic N) is 1. The van der Waals surface area contributed by atoms with Gasteiger partial charge in [0.2, 0.25) is 10.0 Å². The van der Waals surface area contributed by atoms with E-state index in [4.69, 9.17) is 4.42 Å². The highest BCUT2D eigenvalue weighted by atomic mass is 79.9.